The van der Waals surface area contributed by atoms with Crippen LogP contribution in [0.1, 0.15) is 84.0 Å². The first kappa shape index (κ1) is 34.5. The molecule has 5 bridgehead atoms. The van der Waals surface area contributed by atoms with Crippen LogP contribution in [0.4, 0.5) is 0 Å². The summed E-state index contributed by atoms with van der Waals surface area (Å²) in [5, 5.41) is 9.14. The second-order valence-electron chi connectivity index (χ2n) is 13.3. The third kappa shape index (κ3) is 8.54. The van der Waals surface area contributed by atoms with Crippen molar-refractivity contribution in [2.45, 2.75) is 96.7 Å². The minimum Gasteiger partial charge on any atom is -0.452 e. The summed E-state index contributed by atoms with van der Waals surface area (Å²) in [6.07, 6.45) is 6.87. The largest absolute Gasteiger partial charge is 0.452 e. The Morgan fingerprint density at radius 1 is 1.00 bits per heavy atom. The highest BCUT2D eigenvalue weighted by atomic mass is 16.7. The zero-order valence-corrected chi connectivity index (χ0v) is 27.9. The normalized spacial score (nSPS) is 27.8. The molecule has 254 valence electrons. The Hall–Kier alpha value is -3.87. The monoisotopic (exact) mass is 649 g/mol. The van der Waals surface area contributed by atoms with Crippen molar-refractivity contribution in [3.05, 3.63) is 47.8 Å². The van der Waals surface area contributed by atoms with E-state index in [-0.39, 0.29) is 23.8 Å². The molecule has 12 heteroatoms. The molecule has 2 saturated heterocycles. The van der Waals surface area contributed by atoms with Gasteiger partial charge in [0.05, 0.1) is 30.9 Å². The van der Waals surface area contributed by atoms with Crippen LogP contribution in [0.5, 0.6) is 0 Å². The number of ether oxygens (including phenoxy) is 3. The Morgan fingerprint density at radius 3 is 2.49 bits per heavy atom. The molecule has 3 aliphatic heterocycles. The maximum Gasteiger partial charge on any atom is 0.310 e. The molecule has 1 aromatic carbocycles. The lowest BCUT2D eigenvalue weighted by Crippen LogP contribution is -2.61. The Bertz CT molecular complexity index is 1500. The first-order chi connectivity index (χ1) is 22.4. The zero-order chi connectivity index (χ0) is 33.7. The number of nitrogens with one attached hydrogen (secondary N) is 3. The van der Waals surface area contributed by atoms with Crippen molar-refractivity contribution in [1.82, 2.24) is 26.1 Å². The number of carbonyl (C=O) groups excluding carboxylic acids is 4. The number of hydrogen-bond donors (Lipinski definition) is 3. The van der Waals surface area contributed by atoms with Crippen molar-refractivity contribution >= 4 is 40.5 Å². The van der Waals surface area contributed by atoms with Gasteiger partial charge in [0.25, 0.3) is 11.8 Å². The van der Waals surface area contributed by atoms with Gasteiger partial charge in [-0.2, -0.15) is 0 Å². The average Bonchev–Trinajstić information content (AvgIpc) is 3.49. The Labute approximate surface area is 275 Å². The predicted octanol–water partition coefficient (Wildman–Crippen LogP) is 3.56. The maximum absolute atomic E-state index is 13.7. The summed E-state index contributed by atoms with van der Waals surface area (Å²) >= 11 is 0. The fourth-order valence-corrected chi connectivity index (χ4v) is 6.20. The Morgan fingerprint density at radius 2 is 1.74 bits per heavy atom. The van der Waals surface area contributed by atoms with Crippen LogP contribution in [0.25, 0.3) is 16.8 Å². The van der Waals surface area contributed by atoms with Gasteiger partial charge in [0.15, 0.2) is 11.9 Å². The van der Waals surface area contributed by atoms with Crippen LogP contribution in [-0.4, -0.2) is 77.4 Å². The summed E-state index contributed by atoms with van der Waals surface area (Å²) in [6, 6.07) is 6.14. The molecule has 0 radical (unpaired) electrons. The molecule has 5 rings (SSSR count). The van der Waals surface area contributed by atoms with Crippen LogP contribution in [0.2, 0.25) is 0 Å². The van der Waals surface area contributed by atoms with Crippen molar-refractivity contribution in [3.63, 3.8) is 0 Å². The summed E-state index contributed by atoms with van der Waals surface area (Å²) in [7, 11) is 0. The number of rotatable bonds is 4. The third-order valence-electron chi connectivity index (χ3n) is 9.12. The summed E-state index contributed by atoms with van der Waals surface area (Å²) < 4.78 is 17.4. The highest BCUT2D eigenvalue weighted by Crippen LogP contribution is 2.29. The lowest BCUT2D eigenvalue weighted by molar-refractivity contribution is -0.167. The van der Waals surface area contributed by atoms with Crippen molar-refractivity contribution in [1.29, 1.82) is 0 Å². The predicted molar refractivity (Wildman–Crippen MR) is 175 cm³/mol. The molecule has 3 aliphatic rings. The number of nitrogens with zero attached hydrogens (tertiary/aromatic N) is 2. The SMILES string of the molecule is CC(C)[C@@H]1OC(=O)[C@H](CCC2(C)OCCO2)CC=Cc2cc3cc(ccc3cn2)[C@@H](C)NC(=O)[C@@H]2CCCN(N2)C(=O)[C@H](C)NC1=O. The molecule has 0 aliphatic carbocycles. The highest BCUT2D eigenvalue weighted by molar-refractivity contribution is 5.91. The van der Waals surface area contributed by atoms with Crippen LogP contribution in [0, 0.1) is 11.8 Å². The number of allylic oxidation sites excluding steroid dienone is 1. The lowest BCUT2D eigenvalue weighted by Gasteiger charge is -2.35. The number of esters is 1. The number of amides is 3. The standard InChI is InChI=1S/C35H47N5O7/c1-21(2)30-32(42)38-23(4)33(43)40-15-7-10-29(39-40)31(41)37-22(3)25-11-12-26-20-36-28(19-27(26)18-25)9-6-8-24(34(44)47-30)13-14-35(5)45-16-17-46-35/h6,9,11-12,18-24,29-30,39H,7-8,10,13-17H2,1-5H3,(H,37,41)(H,38,42)/t22-,23+,24+,29+,30+/m1/s1. The zero-order valence-electron chi connectivity index (χ0n) is 27.9. The summed E-state index contributed by atoms with van der Waals surface area (Å²) in [4.78, 5) is 58.4. The van der Waals surface area contributed by atoms with Gasteiger partial charge < -0.3 is 24.8 Å². The molecule has 0 spiro atoms. The molecule has 1 aromatic heterocycles. The molecule has 2 aromatic rings. The Kier molecular flexibility index (Phi) is 10.9. The van der Waals surface area contributed by atoms with E-state index >= 15 is 0 Å². The average molecular weight is 650 g/mol. The van der Waals surface area contributed by atoms with Gasteiger partial charge in [-0.3, -0.25) is 29.2 Å². The first-order valence-corrected chi connectivity index (χ1v) is 16.7. The second kappa shape index (κ2) is 14.9. The van der Waals surface area contributed by atoms with Gasteiger partial charge in [-0.1, -0.05) is 32.1 Å². The minimum absolute atomic E-state index is 0.214. The molecule has 3 amide bonds. The van der Waals surface area contributed by atoms with Crippen LogP contribution >= 0.6 is 0 Å². The van der Waals surface area contributed by atoms with E-state index in [1.54, 1.807) is 27.0 Å². The smallest absolute Gasteiger partial charge is 0.310 e. The Balaban J connectivity index is 1.45. The van der Waals surface area contributed by atoms with E-state index in [1.165, 1.54) is 5.01 Å². The van der Waals surface area contributed by atoms with Crippen molar-refractivity contribution < 1.29 is 33.4 Å². The van der Waals surface area contributed by atoms with Crippen molar-refractivity contribution in [2.24, 2.45) is 11.8 Å². The van der Waals surface area contributed by atoms with Crippen molar-refractivity contribution in [3.8, 4) is 0 Å². The number of pyridine rings is 1. The van der Waals surface area contributed by atoms with E-state index in [2.05, 4.69) is 21.0 Å². The minimum atomic E-state index is -1.11. The molecule has 0 saturated carbocycles. The van der Waals surface area contributed by atoms with Gasteiger partial charge in [-0.15, -0.1) is 0 Å². The van der Waals surface area contributed by atoms with Crippen LogP contribution < -0.4 is 16.1 Å². The van der Waals surface area contributed by atoms with Gasteiger partial charge in [-0.05, 0) is 81.5 Å². The van der Waals surface area contributed by atoms with Gasteiger partial charge in [0, 0.05) is 24.5 Å². The van der Waals surface area contributed by atoms with Crippen LogP contribution in [0.3, 0.4) is 0 Å². The molecule has 5 atom stereocenters. The van der Waals surface area contributed by atoms with Crippen LogP contribution in [-0.2, 0) is 33.4 Å². The van der Waals surface area contributed by atoms with E-state index in [1.807, 2.05) is 50.3 Å². The maximum atomic E-state index is 13.7. The number of hydrogen-bond acceptors (Lipinski definition) is 9. The van der Waals surface area contributed by atoms with Gasteiger partial charge in [0.2, 0.25) is 5.91 Å². The first-order valence-electron chi connectivity index (χ1n) is 16.7. The summed E-state index contributed by atoms with van der Waals surface area (Å²) in [5.74, 6) is -3.38. The number of cyclic esters (lactones) is 1. The number of benzene rings is 1. The summed E-state index contributed by atoms with van der Waals surface area (Å²) in [5.41, 5.74) is 4.71. The quantitative estimate of drug-likeness (QED) is 0.423. The molecule has 0 unspecified atom stereocenters. The number of carbonyl (C=O) groups is 4. The number of fused-ring (bicyclic) bond motifs is 4. The fraction of sp³-hybridized carbons (Fsp3) is 0.571. The van der Waals surface area contributed by atoms with E-state index < -0.39 is 41.8 Å². The van der Waals surface area contributed by atoms with Gasteiger partial charge >= 0.3 is 5.97 Å². The van der Waals surface area contributed by atoms with E-state index in [9.17, 15) is 19.2 Å². The molecular formula is C35H47N5O7. The number of hydrazine groups is 1. The van der Waals surface area contributed by atoms with Crippen molar-refractivity contribution in [2.75, 3.05) is 19.8 Å². The summed E-state index contributed by atoms with van der Waals surface area (Å²) in [6.45, 7) is 10.3. The van der Waals surface area contributed by atoms with Gasteiger partial charge in [0.1, 0.15) is 12.1 Å². The third-order valence-corrected chi connectivity index (χ3v) is 9.12. The number of aromatic nitrogens is 1. The fourth-order valence-electron chi connectivity index (χ4n) is 6.20. The molecule has 12 nitrogen and oxygen atoms in total. The molecule has 3 N–H and O–H groups in total. The van der Waals surface area contributed by atoms with E-state index in [0.717, 1.165) is 22.0 Å². The molecular weight excluding hydrogens is 602 g/mol. The van der Waals surface area contributed by atoms with E-state index in [0.29, 0.717) is 51.9 Å². The highest BCUT2D eigenvalue weighted by Gasteiger charge is 2.36. The second-order valence-corrected chi connectivity index (χ2v) is 13.3. The van der Waals surface area contributed by atoms with Crippen LogP contribution in [0.15, 0.2) is 36.5 Å². The van der Waals surface area contributed by atoms with Gasteiger partial charge in [-0.25, -0.2) is 5.43 Å². The molecule has 2 fully saturated rings. The topological polar surface area (TPSA) is 148 Å². The lowest BCUT2D eigenvalue weighted by atomic mass is 9.95. The molecule has 4 heterocycles. The molecule has 47 heavy (non-hydrogen) atoms. The van der Waals surface area contributed by atoms with E-state index in [4.69, 9.17) is 14.2 Å².